The number of hydrogen-bond acceptors (Lipinski definition) is 2. The lowest BCUT2D eigenvalue weighted by atomic mass is 10.1. The van der Waals surface area contributed by atoms with Gasteiger partial charge in [0.25, 0.3) is 0 Å². The van der Waals surface area contributed by atoms with Crippen LogP contribution in [-0.2, 0) is 21.3 Å². The standard InChI is InChI=1S/C16H16F2O2S/c1-11-3-5-15(17)7-13(11)9-21(19,20)10-14-8-16(18)6-4-12(14)2/h3-8H,9-10H2,1-2H3. The molecule has 2 aromatic carbocycles. The third-order valence-corrected chi connectivity index (χ3v) is 4.87. The summed E-state index contributed by atoms with van der Waals surface area (Å²) >= 11 is 0. The highest BCUT2D eigenvalue weighted by Crippen LogP contribution is 2.19. The van der Waals surface area contributed by atoms with Crippen LogP contribution < -0.4 is 0 Å². The average Bonchev–Trinajstić information content (AvgIpc) is 2.37. The van der Waals surface area contributed by atoms with Crippen LogP contribution in [0.1, 0.15) is 22.3 Å². The van der Waals surface area contributed by atoms with Gasteiger partial charge < -0.3 is 0 Å². The Hall–Kier alpha value is -1.75. The molecule has 21 heavy (non-hydrogen) atoms. The van der Waals surface area contributed by atoms with Crippen LogP contribution in [0.15, 0.2) is 36.4 Å². The molecule has 2 aromatic rings. The highest BCUT2D eigenvalue weighted by Gasteiger charge is 2.16. The van der Waals surface area contributed by atoms with Crippen molar-refractivity contribution in [2.24, 2.45) is 0 Å². The predicted octanol–water partition coefficient (Wildman–Crippen LogP) is 3.70. The Morgan fingerprint density at radius 1 is 0.810 bits per heavy atom. The smallest absolute Gasteiger partial charge is 0.158 e. The average molecular weight is 310 g/mol. The Balaban J connectivity index is 2.26. The first-order valence-electron chi connectivity index (χ1n) is 6.47. The highest BCUT2D eigenvalue weighted by atomic mass is 32.2. The van der Waals surface area contributed by atoms with Gasteiger partial charge in [-0.05, 0) is 60.4 Å². The van der Waals surface area contributed by atoms with Gasteiger partial charge >= 0.3 is 0 Å². The maximum Gasteiger partial charge on any atom is 0.158 e. The van der Waals surface area contributed by atoms with Gasteiger partial charge in [-0.15, -0.1) is 0 Å². The molecule has 0 aliphatic rings. The fourth-order valence-electron chi connectivity index (χ4n) is 2.12. The molecule has 0 radical (unpaired) electrons. The monoisotopic (exact) mass is 310 g/mol. The number of rotatable bonds is 4. The lowest BCUT2D eigenvalue weighted by Crippen LogP contribution is -2.10. The van der Waals surface area contributed by atoms with E-state index in [0.717, 1.165) is 11.1 Å². The van der Waals surface area contributed by atoms with Crippen LogP contribution >= 0.6 is 0 Å². The first kappa shape index (κ1) is 15.6. The zero-order valence-corrected chi connectivity index (χ0v) is 12.7. The third kappa shape index (κ3) is 4.11. The second-order valence-corrected chi connectivity index (χ2v) is 7.24. The lowest BCUT2D eigenvalue weighted by molar-refractivity contribution is 0.593. The zero-order chi connectivity index (χ0) is 15.6. The molecule has 0 spiro atoms. The fourth-order valence-corrected chi connectivity index (χ4v) is 3.79. The summed E-state index contributed by atoms with van der Waals surface area (Å²) in [6.45, 7) is 3.47. The van der Waals surface area contributed by atoms with E-state index in [1.807, 2.05) is 0 Å². The van der Waals surface area contributed by atoms with Gasteiger partial charge in [-0.2, -0.15) is 0 Å². The Labute approximate surface area is 123 Å². The van der Waals surface area contributed by atoms with Crippen LogP contribution in [0.3, 0.4) is 0 Å². The van der Waals surface area contributed by atoms with Crippen molar-refractivity contribution in [2.45, 2.75) is 25.4 Å². The largest absolute Gasteiger partial charge is 0.228 e. The van der Waals surface area contributed by atoms with Gasteiger partial charge in [-0.25, -0.2) is 17.2 Å². The van der Waals surface area contributed by atoms with Crippen molar-refractivity contribution in [3.63, 3.8) is 0 Å². The van der Waals surface area contributed by atoms with Gasteiger partial charge in [0.2, 0.25) is 0 Å². The molecule has 0 amide bonds. The molecule has 0 atom stereocenters. The molecule has 0 unspecified atom stereocenters. The molecule has 112 valence electrons. The summed E-state index contributed by atoms with van der Waals surface area (Å²) in [4.78, 5) is 0. The van der Waals surface area contributed by atoms with E-state index < -0.39 is 21.5 Å². The minimum absolute atomic E-state index is 0.257. The predicted molar refractivity (Wildman–Crippen MR) is 78.6 cm³/mol. The van der Waals surface area contributed by atoms with Crippen LogP contribution in [0.25, 0.3) is 0 Å². The van der Waals surface area contributed by atoms with Gasteiger partial charge in [0.1, 0.15) is 11.6 Å². The zero-order valence-electron chi connectivity index (χ0n) is 11.9. The van der Waals surface area contributed by atoms with E-state index >= 15 is 0 Å². The molecule has 5 heteroatoms. The van der Waals surface area contributed by atoms with Crippen LogP contribution in [0.2, 0.25) is 0 Å². The number of aryl methyl sites for hydroxylation is 2. The number of benzene rings is 2. The normalized spacial score (nSPS) is 11.6. The van der Waals surface area contributed by atoms with Gasteiger partial charge in [-0.1, -0.05) is 12.1 Å². The van der Waals surface area contributed by atoms with Crippen molar-refractivity contribution < 1.29 is 17.2 Å². The summed E-state index contributed by atoms with van der Waals surface area (Å²) in [6, 6.07) is 8.14. The van der Waals surface area contributed by atoms with E-state index in [-0.39, 0.29) is 11.5 Å². The molecular formula is C16H16F2O2S. The molecule has 0 saturated heterocycles. The van der Waals surface area contributed by atoms with Crippen LogP contribution in [0.5, 0.6) is 0 Å². The second-order valence-electron chi connectivity index (χ2n) is 5.17. The first-order chi connectivity index (χ1) is 9.77. The molecule has 0 aliphatic carbocycles. The van der Waals surface area contributed by atoms with Crippen molar-refractivity contribution in [3.8, 4) is 0 Å². The van der Waals surface area contributed by atoms with Crippen molar-refractivity contribution in [2.75, 3.05) is 0 Å². The molecule has 2 rings (SSSR count). The number of hydrogen-bond donors (Lipinski definition) is 0. The minimum atomic E-state index is -3.50. The van der Waals surface area contributed by atoms with Crippen molar-refractivity contribution in [1.29, 1.82) is 0 Å². The van der Waals surface area contributed by atoms with E-state index in [1.165, 1.54) is 24.3 Å². The molecular weight excluding hydrogens is 294 g/mol. The quantitative estimate of drug-likeness (QED) is 0.863. The van der Waals surface area contributed by atoms with Gasteiger partial charge in [0, 0.05) is 0 Å². The summed E-state index contributed by atoms with van der Waals surface area (Å²) in [5, 5.41) is 0. The van der Waals surface area contributed by atoms with E-state index in [4.69, 9.17) is 0 Å². The topological polar surface area (TPSA) is 34.1 Å². The van der Waals surface area contributed by atoms with Crippen LogP contribution in [0.4, 0.5) is 8.78 Å². The van der Waals surface area contributed by atoms with Gasteiger partial charge in [-0.3, -0.25) is 0 Å². The summed E-state index contributed by atoms with van der Waals surface area (Å²) in [6.07, 6.45) is 0. The first-order valence-corrected chi connectivity index (χ1v) is 8.29. The lowest BCUT2D eigenvalue weighted by Gasteiger charge is -2.09. The van der Waals surface area contributed by atoms with Crippen LogP contribution in [-0.4, -0.2) is 8.42 Å². The Kier molecular flexibility index (Phi) is 4.42. The van der Waals surface area contributed by atoms with Crippen molar-refractivity contribution in [3.05, 3.63) is 70.3 Å². The second kappa shape index (κ2) is 5.93. The van der Waals surface area contributed by atoms with E-state index in [0.29, 0.717) is 11.1 Å². The minimum Gasteiger partial charge on any atom is -0.228 e. The number of sulfone groups is 1. The summed E-state index contributed by atoms with van der Waals surface area (Å²) in [5.74, 6) is -1.44. The summed E-state index contributed by atoms with van der Waals surface area (Å²) in [7, 11) is -3.50. The molecule has 0 bridgehead atoms. The van der Waals surface area contributed by atoms with E-state index in [1.54, 1.807) is 26.0 Å². The van der Waals surface area contributed by atoms with Gasteiger partial charge in [0.05, 0.1) is 11.5 Å². The maximum absolute atomic E-state index is 13.2. The highest BCUT2D eigenvalue weighted by molar-refractivity contribution is 7.89. The molecule has 0 saturated carbocycles. The Morgan fingerprint density at radius 3 is 1.57 bits per heavy atom. The molecule has 0 aromatic heterocycles. The molecule has 2 nitrogen and oxygen atoms in total. The van der Waals surface area contributed by atoms with E-state index in [9.17, 15) is 17.2 Å². The van der Waals surface area contributed by atoms with E-state index in [2.05, 4.69) is 0 Å². The summed E-state index contributed by atoms with van der Waals surface area (Å²) in [5.41, 5.74) is 2.31. The van der Waals surface area contributed by atoms with Crippen molar-refractivity contribution in [1.82, 2.24) is 0 Å². The third-order valence-electron chi connectivity index (χ3n) is 3.37. The fraction of sp³-hybridized carbons (Fsp3) is 0.250. The Morgan fingerprint density at radius 2 is 1.19 bits per heavy atom. The summed E-state index contributed by atoms with van der Waals surface area (Å²) < 4.78 is 50.9. The molecule has 0 heterocycles. The SMILES string of the molecule is Cc1ccc(F)cc1CS(=O)(=O)Cc1cc(F)ccc1C. The number of halogens is 2. The Bertz CT molecular complexity index is 708. The molecule has 0 aliphatic heterocycles. The van der Waals surface area contributed by atoms with Crippen molar-refractivity contribution >= 4 is 9.84 Å². The van der Waals surface area contributed by atoms with Gasteiger partial charge in [0.15, 0.2) is 9.84 Å². The molecule has 0 fully saturated rings. The molecule has 0 N–H and O–H groups in total. The van der Waals surface area contributed by atoms with Crippen LogP contribution in [0, 0.1) is 25.5 Å². The maximum atomic E-state index is 13.2.